The third-order valence-corrected chi connectivity index (χ3v) is 9.03. The van der Waals surface area contributed by atoms with Crippen LogP contribution in [0, 0.1) is 13.8 Å². The molecular formula is C30H19F6NS2. The minimum Gasteiger partial charge on any atom is -0.236 e. The van der Waals surface area contributed by atoms with Crippen LogP contribution in [-0.2, 0) is 0 Å². The van der Waals surface area contributed by atoms with Gasteiger partial charge in [-0.25, -0.2) is 4.98 Å². The van der Waals surface area contributed by atoms with Crippen LogP contribution in [0.15, 0.2) is 78.9 Å². The van der Waals surface area contributed by atoms with Gasteiger partial charge in [-0.3, -0.25) is 0 Å². The maximum atomic E-state index is 15.6. The first-order valence-electron chi connectivity index (χ1n) is 12.0. The van der Waals surface area contributed by atoms with Crippen molar-refractivity contribution in [1.29, 1.82) is 0 Å². The quantitative estimate of drug-likeness (QED) is 0.196. The van der Waals surface area contributed by atoms with E-state index in [1.54, 1.807) is 42.5 Å². The number of nitrogens with zero attached hydrogens (tertiary/aromatic N) is 1. The number of alkyl halides is 6. The molecule has 1 aliphatic rings. The first kappa shape index (κ1) is 25.8. The molecule has 2 heterocycles. The maximum absolute atomic E-state index is 15.6. The van der Waals surface area contributed by atoms with Crippen molar-refractivity contribution in [3.05, 3.63) is 99.9 Å². The van der Waals surface area contributed by atoms with Crippen molar-refractivity contribution < 1.29 is 26.3 Å². The number of aryl methyl sites for hydroxylation is 2. The van der Waals surface area contributed by atoms with Gasteiger partial charge in [-0.05, 0) is 31.0 Å². The molecule has 0 atom stereocenters. The van der Waals surface area contributed by atoms with Crippen LogP contribution in [0.5, 0.6) is 0 Å². The van der Waals surface area contributed by atoms with Crippen LogP contribution in [0.3, 0.4) is 0 Å². The van der Waals surface area contributed by atoms with Gasteiger partial charge < -0.3 is 0 Å². The first-order valence-corrected chi connectivity index (χ1v) is 13.6. The third-order valence-electron chi connectivity index (χ3n) is 6.94. The van der Waals surface area contributed by atoms with Crippen LogP contribution < -0.4 is 0 Å². The fourth-order valence-electron chi connectivity index (χ4n) is 5.05. The smallest absolute Gasteiger partial charge is 0.236 e. The van der Waals surface area contributed by atoms with Crippen LogP contribution in [0.2, 0.25) is 0 Å². The lowest BCUT2D eigenvalue weighted by molar-refractivity contribution is -0.254. The molecule has 9 heteroatoms. The molecule has 0 bridgehead atoms. The minimum absolute atomic E-state index is 0.151. The number of rotatable bonds is 4. The topological polar surface area (TPSA) is 12.9 Å². The fraction of sp³-hybridized carbons (Fsp3) is 0.167. The van der Waals surface area contributed by atoms with E-state index in [-0.39, 0.29) is 25.7 Å². The van der Waals surface area contributed by atoms with Gasteiger partial charge in [0.1, 0.15) is 5.01 Å². The van der Waals surface area contributed by atoms with Crippen molar-refractivity contribution >= 4 is 43.9 Å². The largest absolute Gasteiger partial charge is 0.380 e. The molecule has 0 amide bonds. The van der Waals surface area contributed by atoms with Crippen molar-refractivity contribution in [1.82, 2.24) is 4.98 Å². The highest BCUT2D eigenvalue weighted by Crippen LogP contribution is 2.66. The van der Waals surface area contributed by atoms with Gasteiger partial charge in [0.15, 0.2) is 0 Å². The summed E-state index contributed by atoms with van der Waals surface area (Å²) in [5, 5.41) is 0.498. The molecule has 39 heavy (non-hydrogen) atoms. The molecular weight excluding hydrogens is 552 g/mol. The SMILES string of the molecule is Cc1sc(-c2ccccc2)nc1C1=C(c2c(C)sc3cc(-c4ccccc4)ccc23)C(F)(F)C(F)(F)C1(F)F. The zero-order valence-electron chi connectivity index (χ0n) is 20.5. The zero-order chi connectivity index (χ0) is 27.7. The van der Waals surface area contributed by atoms with Crippen molar-refractivity contribution in [2.75, 3.05) is 0 Å². The lowest BCUT2D eigenvalue weighted by atomic mass is 9.94. The monoisotopic (exact) mass is 571 g/mol. The molecule has 0 fully saturated rings. The molecule has 2 aromatic heterocycles. The summed E-state index contributed by atoms with van der Waals surface area (Å²) in [6.07, 6.45) is 0. The number of aromatic nitrogens is 1. The molecule has 0 spiro atoms. The van der Waals surface area contributed by atoms with Crippen molar-refractivity contribution in [2.24, 2.45) is 0 Å². The summed E-state index contributed by atoms with van der Waals surface area (Å²) in [4.78, 5) is 4.62. The highest BCUT2D eigenvalue weighted by molar-refractivity contribution is 7.19. The average Bonchev–Trinajstić information content (AvgIpc) is 3.48. The van der Waals surface area contributed by atoms with Gasteiger partial charge in [-0.1, -0.05) is 72.8 Å². The number of hydrogen-bond acceptors (Lipinski definition) is 3. The summed E-state index contributed by atoms with van der Waals surface area (Å²) in [7, 11) is 0. The van der Waals surface area contributed by atoms with E-state index in [0.29, 0.717) is 10.3 Å². The van der Waals surface area contributed by atoms with Crippen LogP contribution in [0.1, 0.15) is 21.0 Å². The van der Waals surface area contributed by atoms with E-state index >= 15 is 17.6 Å². The van der Waals surface area contributed by atoms with E-state index in [9.17, 15) is 8.78 Å². The Morgan fingerprint density at radius 1 is 0.615 bits per heavy atom. The minimum atomic E-state index is -5.64. The molecule has 5 aromatic rings. The Morgan fingerprint density at radius 2 is 1.21 bits per heavy atom. The van der Waals surface area contributed by atoms with Gasteiger partial charge in [0.05, 0.1) is 11.3 Å². The number of fused-ring (bicyclic) bond motifs is 1. The van der Waals surface area contributed by atoms with Crippen LogP contribution in [0.4, 0.5) is 26.3 Å². The number of thiazole rings is 1. The van der Waals surface area contributed by atoms with Crippen molar-refractivity contribution in [3.8, 4) is 21.7 Å². The van der Waals surface area contributed by atoms with Crippen molar-refractivity contribution in [3.63, 3.8) is 0 Å². The number of halogens is 6. The van der Waals surface area contributed by atoms with E-state index in [2.05, 4.69) is 4.98 Å². The molecule has 0 saturated carbocycles. The van der Waals surface area contributed by atoms with E-state index in [1.165, 1.54) is 19.9 Å². The number of hydrogen-bond donors (Lipinski definition) is 0. The second-order valence-electron chi connectivity index (χ2n) is 9.37. The summed E-state index contributed by atoms with van der Waals surface area (Å²) in [5.74, 6) is -15.9. The molecule has 6 rings (SSSR count). The van der Waals surface area contributed by atoms with Gasteiger partial charge in [0, 0.05) is 36.5 Å². The van der Waals surface area contributed by atoms with Crippen molar-refractivity contribution in [2.45, 2.75) is 31.6 Å². The lowest BCUT2D eigenvalue weighted by Gasteiger charge is -2.25. The molecule has 0 aliphatic heterocycles. The van der Waals surface area contributed by atoms with Crippen LogP contribution >= 0.6 is 22.7 Å². The van der Waals surface area contributed by atoms with Gasteiger partial charge in [-0.2, -0.15) is 26.3 Å². The Labute approximate surface area is 228 Å². The molecule has 1 nitrogen and oxygen atoms in total. The number of allylic oxidation sites excluding steroid dienone is 2. The maximum Gasteiger partial charge on any atom is 0.380 e. The second kappa shape index (κ2) is 8.79. The van der Waals surface area contributed by atoms with E-state index < -0.39 is 34.6 Å². The molecule has 0 unspecified atom stereocenters. The average molecular weight is 572 g/mol. The molecule has 198 valence electrons. The molecule has 1 aliphatic carbocycles. The highest BCUT2D eigenvalue weighted by Gasteiger charge is 2.81. The fourth-order valence-corrected chi connectivity index (χ4v) is 7.08. The summed E-state index contributed by atoms with van der Waals surface area (Å²) in [6, 6.07) is 22.9. The summed E-state index contributed by atoms with van der Waals surface area (Å²) >= 11 is 2.10. The predicted octanol–water partition coefficient (Wildman–Crippen LogP) is 10.1. The van der Waals surface area contributed by atoms with Gasteiger partial charge in [0.2, 0.25) is 0 Å². The van der Waals surface area contributed by atoms with E-state index in [0.717, 1.165) is 33.8 Å². The van der Waals surface area contributed by atoms with Crippen LogP contribution in [0.25, 0.3) is 42.9 Å². The number of thiophene rings is 1. The second-order valence-corrected chi connectivity index (χ2v) is 11.8. The molecule has 0 saturated heterocycles. The Morgan fingerprint density at radius 3 is 1.85 bits per heavy atom. The summed E-state index contributed by atoms with van der Waals surface area (Å²) in [6.45, 7) is 2.92. The molecule has 0 N–H and O–H groups in total. The van der Waals surface area contributed by atoms with Gasteiger partial charge in [0.25, 0.3) is 0 Å². The Balaban J connectivity index is 1.63. The van der Waals surface area contributed by atoms with Gasteiger partial charge >= 0.3 is 17.8 Å². The lowest BCUT2D eigenvalue weighted by Crippen LogP contribution is -2.49. The van der Waals surface area contributed by atoms with Crippen LogP contribution in [-0.4, -0.2) is 22.8 Å². The zero-order valence-corrected chi connectivity index (χ0v) is 22.2. The standard InChI is InChI=1S/C30H19F6NS2/c1-16-23(21-14-13-20(15-22(21)38-16)18-9-5-3-6-10-18)24-25(29(33,34)30(35,36)28(24,31)32)26-17(2)39-27(37-26)19-11-7-4-8-12-19/h3-15H,1-2H3. The third kappa shape index (κ3) is 3.70. The number of benzene rings is 3. The molecule has 0 radical (unpaired) electrons. The summed E-state index contributed by atoms with van der Waals surface area (Å²) in [5.41, 5.74) is -1.35. The Hall–Kier alpha value is -3.43. The Kier molecular flexibility index (Phi) is 5.82. The van der Waals surface area contributed by atoms with E-state index in [4.69, 9.17) is 0 Å². The highest BCUT2D eigenvalue weighted by atomic mass is 32.1. The first-order chi connectivity index (χ1) is 18.4. The summed E-state index contributed by atoms with van der Waals surface area (Å²) < 4.78 is 92.7. The Bertz CT molecular complexity index is 1750. The predicted molar refractivity (Wildman–Crippen MR) is 146 cm³/mol. The molecule has 3 aromatic carbocycles. The van der Waals surface area contributed by atoms with Gasteiger partial charge in [-0.15, -0.1) is 22.7 Å². The van der Waals surface area contributed by atoms with E-state index in [1.807, 2.05) is 30.3 Å². The normalized spacial score (nSPS) is 17.7.